The van der Waals surface area contributed by atoms with E-state index in [4.69, 9.17) is 0 Å². The molecule has 4 heteroatoms. The number of allylic oxidation sites excluding steroid dienone is 19. The predicted octanol–water partition coefficient (Wildman–Crippen LogP) is 20.8. The molecule has 0 aliphatic rings. The third kappa shape index (κ3) is 57.7. The molecule has 0 fully saturated rings. The first-order valence-corrected chi connectivity index (χ1v) is 30.7. The maximum Gasteiger partial charge on any atom is 0.220 e. The Bertz CT molecular complexity index is 1410. The number of carbonyl (C=O) groups is 1. The molecule has 0 aliphatic heterocycles. The van der Waals surface area contributed by atoms with Gasteiger partial charge in [-0.2, -0.15) is 0 Å². The first kappa shape index (κ1) is 68.8. The van der Waals surface area contributed by atoms with Crippen LogP contribution in [0.25, 0.3) is 0 Å². The highest BCUT2D eigenvalue weighted by atomic mass is 16.3. The van der Waals surface area contributed by atoms with E-state index in [1.165, 1.54) is 180 Å². The zero-order chi connectivity index (χ0) is 52.0. The SMILES string of the molecule is CC/C=C\C/C=C\C/C=C\C/C=C\C/C=C\C/C=C\C/C=C\CCCCCCCCCCCCCCCC(=O)NC(CO)C(O)/C=C/CC/C=C/CC/C=C/CCCCCCCCCCCCCCCCC. The van der Waals surface area contributed by atoms with E-state index >= 15 is 0 Å². The molecule has 72 heavy (non-hydrogen) atoms. The van der Waals surface area contributed by atoms with Crippen LogP contribution in [0.3, 0.4) is 0 Å². The van der Waals surface area contributed by atoms with Gasteiger partial charge in [0.2, 0.25) is 5.91 Å². The zero-order valence-corrected chi connectivity index (χ0v) is 47.4. The number of carbonyl (C=O) groups excluding carboxylic acids is 1. The summed E-state index contributed by atoms with van der Waals surface area (Å²) < 4.78 is 0. The summed E-state index contributed by atoms with van der Waals surface area (Å²) in [7, 11) is 0. The van der Waals surface area contributed by atoms with Crippen molar-refractivity contribution >= 4 is 5.91 Å². The van der Waals surface area contributed by atoms with Crippen LogP contribution in [-0.2, 0) is 4.79 Å². The van der Waals surface area contributed by atoms with Crippen LogP contribution in [-0.4, -0.2) is 34.9 Å². The maximum absolute atomic E-state index is 12.5. The fourth-order valence-electron chi connectivity index (χ4n) is 8.78. The molecule has 0 radical (unpaired) electrons. The van der Waals surface area contributed by atoms with Crippen LogP contribution in [0.15, 0.2) is 122 Å². The van der Waals surface area contributed by atoms with E-state index in [-0.39, 0.29) is 12.5 Å². The molecule has 0 saturated heterocycles. The summed E-state index contributed by atoms with van der Waals surface area (Å²) in [5.74, 6) is -0.0818. The van der Waals surface area contributed by atoms with Crippen LogP contribution >= 0.6 is 0 Å². The Morgan fingerprint density at radius 1 is 0.347 bits per heavy atom. The quantitative estimate of drug-likeness (QED) is 0.0420. The van der Waals surface area contributed by atoms with Gasteiger partial charge in [-0.3, -0.25) is 4.79 Å². The zero-order valence-electron chi connectivity index (χ0n) is 47.4. The van der Waals surface area contributed by atoms with Gasteiger partial charge in [0.15, 0.2) is 0 Å². The molecule has 0 aromatic carbocycles. The van der Waals surface area contributed by atoms with Crippen molar-refractivity contribution in [3.63, 3.8) is 0 Å². The fraction of sp³-hybridized carbons (Fsp3) is 0.691. The van der Waals surface area contributed by atoms with Crippen molar-refractivity contribution in [3.8, 4) is 0 Å². The molecule has 412 valence electrons. The molecular weight excluding hydrogens is 879 g/mol. The van der Waals surface area contributed by atoms with Crippen molar-refractivity contribution in [1.82, 2.24) is 5.32 Å². The lowest BCUT2D eigenvalue weighted by molar-refractivity contribution is -0.123. The molecule has 0 rings (SSSR count). The number of unbranched alkanes of at least 4 members (excludes halogenated alkanes) is 30. The number of hydrogen-bond donors (Lipinski definition) is 3. The summed E-state index contributed by atoms with van der Waals surface area (Å²) in [5, 5.41) is 23.2. The third-order valence-electron chi connectivity index (χ3n) is 13.4. The van der Waals surface area contributed by atoms with Crippen molar-refractivity contribution in [2.24, 2.45) is 0 Å². The molecule has 0 aromatic heterocycles. The Kier molecular flexibility index (Phi) is 59.3. The molecule has 1 amide bonds. The molecule has 4 nitrogen and oxygen atoms in total. The van der Waals surface area contributed by atoms with Crippen LogP contribution in [0.5, 0.6) is 0 Å². The highest BCUT2D eigenvalue weighted by molar-refractivity contribution is 5.76. The number of nitrogens with one attached hydrogen (secondary N) is 1. The fourth-order valence-corrected chi connectivity index (χ4v) is 8.78. The minimum absolute atomic E-state index is 0.0818. The van der Waals surface area contributed by atoms with E-state index in [9.17, 15) is 15.0 Å². The molecule has 3 N–H and O–H groups in total. The smallest absolute Gasteiger partial charge is 0.220 e. The van der Waals surface area contributed by atoms with E-state index in [0.717, 1.165) is 83.5 Å². The predicted molar refractivity (Wildman–Crippen MR) is 322 cm³/mol. The van der Waals surface area contributed by atoms with Gasteiger partial charge in [0.25, 0.3) is 0 Å². The summed E-state index contributed by atoms with van der Waals surface area (Å²) in [6.45, 7) is 4.19. The second kappa shape index (κ2) is 62.1. The molecule has 0 aliphatic carbocycles. The molecule has 0 saturated carbocycles. The van der Waals surface area contributed by atoms with Crippen molar-refractivity contribution < 1.29 is 15.0 Å². The van der Waals surface area contributed by atoms with Gasteiger partial charge in [-0.15, -0.1) is 0 Å². The number of hydrogen-bond acceptors (Lipinski definition) is 3. The summed E-state index contributed by atoms with van der Waals surface area (Å²) >= 11 is 0. The summed E-state index contributed by atoms with van der Waals surface area (Å²) in [4.78, 5) is 12.5. The lowest BCUT2D eigenvalue weighted by Gasteiger charge is -2.19. The van der Waals surface area contributed by atoms with Crippen LogP contribution in [0.4, 0.5) is 0 Å². The monoisotopic (exact) mass is 996 g/mol. The van der Waals surface area contributed by atoms with E-state index < -0.39 is 12.1 Å². The topological polar surface area (TPSA) is 69.6 Å². The first-order chi connectivity index (χ1) is 35.7. The first-order valence-electron chi connectivity index (χ1n) is 30.7. The molecular formula is C68H117NO3. The minimum atomic E-state index is -0.879. The van der Waals surface area contributed by atoms with E-state index in [1.807, 2.05) is 6.08 Å². The number of amides is 1. The van der Waals surface area contributed by atoms with Gasteiger partial charge in [0, 0.05) is 6.42 Å². The second-order valence-corrected chi connectivity index (χ2v) is 20.4. The van der Waals surface area contributed by atoms with Crippen molar-refractivity contribution in [3.05, 3.63) is 122 Å². The van der Waals surface area contributed by atoms with Crippen LogP contribution < -0.4 is 5.32 Å². The Labute approximate surface area is 448 Å². The largest absolute Gasteiger partial charge is 0.394 e. The summed E-state index contributed by atoms with van der Waals surface area (Å²) in [5.41, 5.74) is 0. The minimum Gasteiger partial charge on any atom is -0.394 e. The van der Waals surface area contributed by atoms with Gasteiger partial charge in [0.05, 0.1) is 18.8 Å². The molecule has 0 aromatic rings. The van der Waals surface area contributed by atoms with Crippen LogP contribution in [0.2, 0.25) is 0 Å². The second-order valence-electron chi connectivity index (χ2n) is 20.4. The molecule has 2 unspecified atom stereocenters. The number of aliphatic hydroxyl groups is 2. The standard InChI is InChI=1S/C68H117NO3/c1-3-5-7-9-11-13-15-17-19-21-23-25-27-29-30-31-32-33-34-35-36-37-38-40-42-44-46-48-50-52-54-56-58-60-62-64-68(72)69-66(65-70)67(71)63-61-59-57-55-53-51-49-47-45-43-41-39-28-26-24-22-20-18-16-14-12-10-8-6-4-2/h5,7,11,13,17,19,23,25,29-30,32-33,35-36,45,47,53,55,61,63,66-67,70-71H,3-4,6,8-10,12,14-16,18,20-22,24,26-28,31,34,37-44,46,48-52,54,56-60,62,64-65H2,1-2H3,(H,69,72)/b7-5-,13-11-,19-17-,25-23-,30-29-,33-32-,36-35-,47-45+,55-53+,63-61+. The molecule has 0 bridgehead atoms. The van der Waals surface area contributed by atoms with E-state index in [1.54, 1.807) is 6.08 Å². The van der Waals surface area contributed by atoms with Crippen LogP contribution in [0.1, 0.15) is 284 Å². The van der Waals surface area contributed by atoms with Gasteiger partial charge < -0.3 is 15.5 Å². The summed E-state index contributed by atoms with van der Waals surface area (Å²) in [6.07, 6.45) is 95.2. The maximum atomic E-state index is 12.5. The Morgan fingerprint density at radius 2 is 0.625 bits per heavy atom. The molecule has 2 atom stereocenters. The van der Waals surface area contributed by atoms with E-state index in [2.05, 4.69) is 129 Å². The average Bonchev–Trinajstić information content (AvgIpc) is 3.39. The summed E-state index contributed by atoms with van der Waals surface area (Å²) in [6, 6.07) is -0.655. The van der Waals surface area contributed by atoms with Gasteiger partial charge >= 0.3 is 0 Å². The van der Waals surface area contributed by atoms with Gasteiger partial charge in [0.1, 0.15) is 0 Å². The van der Waals surface area contributed by atoms with Crippen LogP contribution in [0, 0.1) is 0 Å². The third-order valence-corrected chi connectivity index (χ3v) is 13.4. The van der Waals surface area contributed by atoms with Crippen molar-refractivity contribution in [1.29, 1.82) is 0 Å². The lowest BCUT2D eigenvalue weighted by Crippen LogP contribution is -2.45. The Hall–Kier alpha value is -3.21. The lowest BCUT2D eigenvalue weighted by atomic mass is 10.0. The van der Waals surface area contributed by atoms with E-state index in [0.29, 0.717) is 6.42 Å². The highest BCUT2D eigenvalue weighted by Crippen LogP contribution is 2.16. The number of rotatable bonds is 55. The molecule has 0 heterocycles. The molecule has 0 spiro atoms. The van der Waals surface area contributed by atoms with Crippen molar-refractivity contribution in [2.45, 2.75) is 296 Å². The van der Waals surface area contributed by atoms with Gasteiger partial charge in [-0.1, -0.05) is 296 Å². The van der Waals surface area contributed by atoms with Gasteiger partial charge in [-0.25, -0.2) is 0 Å². The Balaban J connectivity index is 3.59. The number of aliphatic hydroxyl groups excluding tert-OH is 2. The highest BCUT2D eigenvalue weighted by Gasteiger charge is 2.18. The van der Waals surface area contributed by atoms with Crippen molar-refractivity contribution in [2.75, 3.05) is 6.61 Å². The Morgan fingerprint density at radius 3 is 0.972 bits per heavy atom. The normalized spacial score (nSPS) is 13.7. The van der Waals surface area contributed by atoms with Gasteiger partial charge in [-0.05, 0) is 103 Å². The average molecular weight is 997 g/mol.